The van der Waals surface area contributed by atoms with E-state index in [0.717, 1.165) is 30.2 Å². The van der Waals surface area contributed by atoms with Gasteiger partial charge >= 0.3 is 0 Å². The normalized spacial score (nSPS) is 27.9. The summed E-state index contributed by atoms with van der Waals surface area (Å²) in [6, 6.07) is 10.4. The predicted molar refractivity (Wildman–Crippen MR) is 81.0 cm³/mol. The van der Waals surface area contributed by atoms with Gasteiger partial charge in [0.15, 0.2) is 0 Å². The summed E-state index contributed by atoms with van der Waals surface area (Å²) in [5.41, 5.74) is 1.17. The zero-order valence-corrected chi connectivity index (χ0v) is 11.7. The van der Waals surface area contributed by atoms with Gasteiger partial charge in [-0.2, -0.15) is 0 Å². The molecule has 3 atom stereocenters. The van der Waals surface area contributed by atoms with E-state index in [4.69, 9.17) is 0 Å². The van der Waals surface area contributed by atoms with E-state index in [1.54, 1.807) is 0 Å². The molecule has 2 aliphatic rings. The average molecular weight is 267 g/mol. The molecule has 2 fully saturated rings. The highest BCUT2D eigenvalue weighted by Crippen LogP contribution is 2.48. The molecule has 3 unspecified atom stereocenters. The van der Waals surface area contributed by atoms with Gasteiger partial charge in [-0.1, -0.05) is 24.6 Å². The Morgan fingerprint density at radius 2 is 2.05 bits per heavy atom. The Morgan fingerprint density at radius 1 is 1.15 bits per heavy atom. The van der Waals surface area contributed by atoms with Gasteiger partial charge in [-0.05, 0) is 49.1 Å². The van der Waals surface area contributed by atoms with Gasteiger partial charge in [0, 0.05) is 24.6 Å². The maximum Gasteiger partial charge on any atom is 0.207 e. The second kappa shape index (κ2) is 4.97. The lowest BCUT2D eigenvalue weighted by atomic mass is 9.89. The summed E-state index contributed by atoms with van der Waals surface area (Å²) < 4.78 is 2.13. The summed E-state index contributed by atoms with van der Waals surface area (Å²) >= 11 is 0. The minimum atomic E-state index is 0.856. The summed E-state index contributed by atoms with van der Waals surface area (Å²) in [6.07, 6.45) is 9.71. The third-order valence-corrected chi connectivity index (χ3v) is 5.08. The molecule has 1 aromatic carbocycles. The van der Waals surface area contributed by atoms with Crippen LogP contribution in [0.2, 0.25) is 0 Å². The third-order valence-electron chi connectivity index (χ3n) is 5.08. The number of anilines is 1. The van der Waals surface area contributed by atoms with Crippen molar-refractivity contribution in [1.29, 1.82) is 0 Å². The van der Waals surface area contributed by atoms with Crippen molar-refractivity contribution in [3.05, 3.63) is 42.7 Å². The van der Waals surface area contributed by atoms with Gasteiger partial charge in [0.2, 0.25) is 5.95 Å². The third kappa shape index (κ3) is 2.11. The van der Waals surface area contributed by atoms with Crippen molar-refractivity contribution in [3.8, 4) is 5.69 Å². The van der Waals surface area contributed by atoms with Gasteiger partial charge in [-0.3, -0.25) is 4.57 Å². The highest BCUT2D eigenvalue weighted by Gasteiger charge is 2.39. The van der Waals surface area contributed by atoms with Crippen molar-refractivity contribution in [2.45, 2.75) is 25.7 Å². The van der Waals surface area contributed by atoms with Gasteiger partial charge in [0.25, 0.3) is 0 Å². The summed E-state index contributed by atoms with van der Waals surface area (Å²) in [6.45, 7) is 1.07. The van der Waals surface area contributed by atoms with Crippen molar-refractivity contribution in [3.63, 3.8) is 0 Å². The molecular weight excluding hydrogens is 246 g/mol. The topological polar surface area (TPSA) is 29.9 Å². The Morgan fingerprint density at radius 3 is 2.80 bits per heavy atom. The minimum absolute atomic E-state index is 0.856. The zero-order valence-electron chi connectivity index (χ0n) is 11.7. The lowest BCUT2D eigenvalue weighted by Crippen LogP contribution is -2.21. The van der Waals surface area contributed by atoms with E-state index in [1.807, 2.05) is 18.5 Å². The Bertz CT molecular complexity index is 575. The number of fused-ring (bicyclic) bond motifs is 2. The second-order valence-electron chi connectivity index (χ2n) is 6.27. The van der Waals surface area contributed by atoms with Crippen LogP contribution in [0.4, 0.5) is 5.95 Å². The average Bonchev–Trinajstić information content (AvgIpc) is 3.22. The van der Waals surface area contributed by atoms with E-state index in [1.165, 1.54) is 31.4 Å². The van der Waals surface area contributed by atoms with Crippen LogP contribution in [0.5, 0.6) is 0 Å². The fourth-order valence-electron chi connectivity index (χ4n) is 4.08. The maximum atomic E-state index is 4.47. The first-order valence-electron chi connectivity index (χ1n) is 7.73. The van der Waals surface area contributed by atoms with Crippen LogP contribution in [-0.2, 0) is 0 Å². The molecule has 2 aromatic rings. The molecule has 0 spiro atoms. The molecular formula is C17H21N3. The van der Waals surface area contributed by atoms with Crippen LogP contribution >= 0.6 is 0 Å². The Hall–Kier alpha value is -1.77. The first-order valence-corrected chi connectivity index (χ1v) is 7.73. The molecule has 1 N–H and O–H groups in total. The molecule has 0 aliphatic heterocycles. The van der Waals surface area contributed by atoms with E-state index in [2.05, 4.69) is 39.1 Å². The smallest absolute Gasteiger partial charge is 0.207 e. The quantitative estimate of drug-likeness (QED) is 0.915. The first kappa shape index (κ1) is 12.0. The number of imidazole rings is 1. The number of nitrogens with zero attached hydrogens (tertiary/aromatic N) is 2. The van der Waals surface area contributed by atoms with Crippen LogP contribution in [0, 0.1) is 17.8 Å². The number of hydrogen-bond acceptors (Lipinski definition) is 2. The van der Waals surface area contributed by atoms with E-state index in [9.17, 15) is 0 Å². The largest absolute Gasteiger partial charge is 0.355 e. The zero-order chi connectivity index (χ0) is 13.4. The molecule has 3 nitrogen and oxygen atoms in total. The molecule has 2 aliphatic carbocycles. The van der Waals surface area contributed by atoms with Crippen molar-refractivity contribution >= 4 is 5.95 Å². The number of nitrogens with one attached hydrogen (secondary N) is 1. The summed E-state index contributed by atoms with van der Waals surface area (Å²) in [4.78, 5) is 4.47. The Balaban J connectivity index is 1.46. The molecule has 104 valence electrons. The lowest BCUT2D eigenvalue weighted by Gasteiger charge is -2.22. The number of hydrogen-bond donors (Lipinski definition) is 1. The van der Waals surface area contributed by atoms with Crippen LogP contribution in [0.25, 0.3) is 5.69 Å². The molecule has 20 heavy (non-hydrogen) atoms. The van der Waals surface area contributed by atoms with Crippen LogP contribution < -0.4 is 5.32 Å². The van der Waals surface area contributed by atoms with E-state index in [0.29, 0.717) is 0 Å². The second-order valence-corrected chi connectivity index (χ2v) is 6.27. The highest BCUT2D eigenvalue weighted by molar-refractivity contribution is 5.41. The minimum Gasteiger partial charge on any atom is -0.355 e. The van der Waals surface area contributed by atoms with Gasteiger partial charge in [0.05, 0.1) is 0 Å². The predicted octanol–water partition coefficient (Wildman–Crippen LogP) is 3.72. The number of para-hydroxylation sites is 1. The van der Waals surface area contributed by atoms with Crippen molar-refractivity contribution in [2.24, 2.45) is 17.8 Å². The van der Waals surface area contributed by atoms with Crippen molar-refractivity contribution in [2.75, 3.05) is 11.9 Å². The van der Waals surface area contributed by atoms with Crippen LogP contribution in [0.1, 0.15) is 25.7 Å². The molecule has 1 aromatic heterocycles. The monoisotopic (exact) mass is 267 g/mol. The molecule has 0 saturated heterocycles. The van der Waals surface area contributed by atoms with Gasteiger partial charge in [-0.15, -0.1) is 0 Å². The molecule has 3 heteroatoms. The number of rotatable bonds is 4. The van der Waals surface area contributed by atoms with Gasteiger partial charge in [0.1, 0.15) is 0 Å². The molecule has 1 heterocycles. The number of benzene rings is 1. The lowest BCUT2D eigenvalue weighted by molar-refractivity contribution is 0.348. The van der Waals surface area contributed by atoms with E-state index in [-0.39, 0.29) is 0 Å². The van der Waals surface area contributed by atoms with Crippen molar-refractivity contribution < 1.29 is 0 Å². The molecule has 2 saturated carbocycles. The van der Waals surface area contributed by atoms with Crippen molar-refractivity contribution in [1.82, 2.24) is 9.55 Å². The van der Waals surface area contributed by atoms with E-state index >= 15 is 0 Å². The summed E-state index contributed by atoms with van der Waals surface area (Å²) in [5.74, 6) is 3.81. The van der Waals surface area contributed by atoms with Gasteiger partial charge in [-0.25, -0.2) is 4.98 Å². The standard InChI is InChI=1S/C17H21N3/c1-2-4-16(5-3-1)20-9-8-18-17(20)19-12-15-11-13-6-7-14(15)10-13/h1-5,8-9,13-15H,6-7,10-12H2,(H,18,19). The van der Waals surface area contributed by atoms with Crippen LogP contribution in [0.15, 0.2) is 42.7 Å². The maximum absolute atomic E-state index is 4.47. The van der Waals surface area contributed by atoms with Crippen LogP contribution in [-0.4, -0.2) is 16.1 Å². The molecule has 0 radical (unpaired) electrons. The van der Waals surface area contributed by atoms with Crippen LogP contribution in [0.3, 0.4) is 0 Å². The Labute approximate surface area is 120 Å². The Kier molecular flexibility index (Phi) is 2.98. The van der Waals surface area contributed by atoms with Gasteiger partial charge < -0.3 is 5.32 Å². The fraction of sp³-hybridized carbons (Fsp3) is 0.471. The molecule has 0 amide bonds. The van der Waals surface area contributed by atoms with E-state index < -0.39 is 0 Å². The first-order chi connectivity index (χ1) is 9.90. The molecule has 4 rings (SSSR count). The summed E-state index contributed by atoms with van der Waals surface area (Å²) in [7, 11) is 0. The highest BCUT2D eigenvalue weighted by atomic mass is 15.2. The number of aromatic nitrogens is 2. The summed E-state index contributed by atoms with van der Waals surface area (Å²) in [5, 5.41) is 3.57. The molecule has 2 bridgehead atoms. The fourth-order valence-corrected chi connectivity index (χ4v) is 4.08. The SMILES string of the molecule is c1ccc(-n2ccnc2NCC2CC3CCC2C3)cc1.